The zero-order chi connectivity index (χ0) is 32.3. The third-order valence-corrected chi connectivity index (χ3v) is 10.7. The molecule has 0 N–H and O–H groups in total. The molecule has 0 aliphatic carbocycles. The molecule has 0 aliphatic rings. The largest absolute Gasteiger partial charge is 0.256 e. The van der Waals surface area contributed by atoms with Gasteiger partial charge in [-0.25, -0.2) is 9.97 Å². The third-order valence-electron chi connectivity index (χ3n) is 9.48. The fourth-order valence-corrected chi connectivity index (χ4v) is 8.36. The third kappa shape index (κ3) is 4.61. The summed E-state index contributed by atoms with van der Waals surface area (Å²) in [5, 5.41) is 8.32. The summed E-state index contributed by atoms with van der Waals surface area (Å²) in [5.74, 6) is 0.698. The van der Waals surface area contributed by atoms with Gasteiger partial charge < -0.3 is 0 Å². The van der Waals surface area contributed by atoms with Crippen LogP contribution in [0.1, 0.15) is 0 Å². The van der Waals surface area contributed by atoms with Gasteiger partial charge in [-0.05, 0) is 74.5 Å². The van der Waals surface area contributed by atoms with Crippen molar-refractivity contribution >= 4 is 64.0 Å². The van der Waals surface area contributed by atoms with E-state index in [4.69, 9.17) is 15.0 Å². The molecule has 0 fully saturated rings. The van der Waals surface area contributed by atoms with E-state index in [9.17, 15) is 0 Å². The highest BCUT2D eigenvalue weighted by molar-refractivity contribution is 7.26. The van der Waals surface area contributed by atoms with E-state index in [1.165, 1.54) is 31.8 Å². The lowest BCUT2D eigenvalue weighted by molar-refractivity contribution is 1.24. The molecule has 0 radical (unpaired) electrons. The standard InChI is InChI=1S/C45H27N3S/c1-2-13-29(14-3-1)42-44-43(38-20-10-11-21-40(38)49-44)48-45(47-42)33-25-31(24-32(26-33)41-35-17-7-4-12-28(35)22-23-46-41)39-27-30-15-5-6-16-34(30)36-18-8-9-19-37(36)39/h1-27H. The molecule has 0 saturated heterocycles. The van der Waals surface area contributed by atoms with Crippen molar-refractivity contribution in [2.75, 3.05) is 0 Å². The zero-order valence-electron chi connectivity index (χ0n) is 26.3. The summed E-state index contributed by atoms with van der Waals surface area (Å²) < 4.78 is 2.31. The number of rotatable bonds is 4. The van der Waals surface area contributed by atoms with E-state index in [0.29, 0.717) is 5.82 Å². The Balaban J connectivity index is 1.31. The van der Waals surface area contributed by atoms with Crippen molar-refractivity contribution in [1.29, 1.82) is 0 Å². The Morgan fingerprint density at radius 2 is 1.06 bits per heavy atom. The van der Waals surface area contributed by atoms with Crippen molar-refractivity contribution in [1.82, 2.24) is 15.0 Å². The predicted molar refractivity (Wildman–Crippen MR) is 207 cm³/mol. The van der Waals surface area contributed by atoms with Crippen LogP contribution in [-0.2, 0) is 0 Å². The number of hydrogen-bond acceptors (Lipinski definition) is 4. The topological polar surface area (TPSA) is 38.7 Å². The molecule has 0 spiro atoms. The zero-order valence-corrected chi connectivity index (χ0v) is 27.2. The number of benzene rings is 7. The van der Waals surface area contributed by atoms with Crippen molar-refractivity contribution < 1.29 is 0 Å². The van der Waals surface area contributed by atoms with Crippen LogP contribution in [-0.4, -0.2) is 15.0 Å². The van der Waals surface area contributed by atoms with Crippen molar-refractivity contribution in [2.24, 2.45) is 0 Å². The van der Waals surface area contributed by atoms with Gasteiger partial charge in [0.1, 0.15) is 0 Å². The van der Waals surface area contributed by atoms with Gasteiger partial charge in [0.05, 0.1) is 21.6 Å². The maximum atomic E-state index is 5.36. The monoisotopic (exact) mass is 641 g/mol. The number of thiophene rings is 1. The second-order valence-electron chi connectivity index (χ2n) is 12.4. The molecule has 49 heavy (non-hydrogen) atoms. The molecule has 228 valence electrons. The molecule has 0 atom stereocenters. The molecule has 7 aromatic carbocycles. The Morgan fingerprint density at radius 3 is 1.92 bits per heavy atom. The first kappa shape index (κ1) is 27.8. The van der Waals surface area contributed by atoms with Crippen LogP contribution in [0.4, 0.5) is 0 Å². The van der Waals surface area contributed by atoms with Gasteiger partial charge in [0, 0.05) is 38.4 Å². The molecule has 0 saturated carbocycles. The van der Waals surface area contributed by atoms with E-state index >= 15 is 0 Å². The Kier molecular flexibility index (Phi) is 6.36. The molecule has 3 aromatic heterocycles. The minimum absolute atomic E-state index is 0.698. The molecule has 3 heterocycles. The first-order valence-corrected chi connectivity index (χ1v) is 17.3. The molecule has 10 rings (SSSR count). The Morgan fingerprint density at radius 1 is 0.408 bits per heavy atom. The van der Waals surface area contributed by atoms with Crippen molar-refractivity contribution in [3.8, 4) is 45.0 Å². The summed E-state index contributed by atoms with van der Waals surface area (Å²) >= 11 is 1.76. The molecule has 0 unspecified atom stereocenters. The van der Waals surface area contributed by atoms with Crippen LogP contribution in [0.5, 0.6) is 0 Å². The summed E-state index contributed by atoms with van der Waals surface area (Å²) in [7, 11) is 0. The molecule has 0 aliphatic heterocycles. The molecular formula is C45H27N3S. The number of fused-ring (bicyclic) bond motifs is 7. The van der Waals surface area contributed by atoms with E-state index in [1.54, 1.807) is 11.3 Å². The summed E-state index contributed by atoms with van der Waals surface area (Å²) in [6, 6.07) is 56.0. The predicted octanol–water partition coefficient (Wildman–Crippen LogP) is 12.4. The number of nitrogens with zero attached hydrogens (tertiary/aromatic N) is 3. The first-order chi connectivity index (χ1) is 24.3. The highest BCUT2D eigenvalue weighted by Gasteiger charge is 2.19. The van der Waals surface area contributed by atoms with Gasteiger partial charge >= 0.3 is 0 Å². The van der Waals surface area contributed by atoms with Gasteiger partial charge in [-0.2, -0.15) is 0 Å². The fourth-order valence-electron chi connectivity index (χ4n) is 7.20. The molecule has 4 heteroatoms. The van der Waals surface area contributed by atoms with Crippen LogP contribution in [0.25, 0.3) is 97.6 Å². The number of hydrogen-bond donors (Lipinski definition) is 0. The molecule has 3 nitrogen and oxygen atoms in total. The van der Waals surface area contributed by atoms with Gasteiger partial charge in [-0.15, -0.1) is 11.3 Å². The highest BCUT2D eigenvalue weighted by Crippen LogP contribution is 2.42. The van der Waals surface area contributed by atoms with Gasteiger partial charge in [0.2, 0.25) is 0 Å². The minimum atomic E-state index is 0.698. The fraction of sp³-hybridized carbons (Fsp3) is 0. The summed E-state index contributed by atoms with van der Waals surface area (Å²) in [6.07, 6.45) is 1.91. The maximum Gasteiger partial charge on any atom is 0.160 e. The SMILES string of the molecule is c1ccc(-c2nc(-c3cc(-c4nccc5ccccc45)cc(-c4cc5ccccc5c5ccccc45)c3)nc3c2sc2ccccc23)cc1. The van der Waals surface area contributed by atoms with Crippen LogP contribution in [0.3, 0.4) is 0 Å². The average molecular weight is 642 g/mol. The van der Waals surface area contributed by atoms with Crippen LogP contribution < -0.4 is 0 Å². The van der Waals surface area contributed by atoms with E-state index in [2.05, 4.69) is 158 Å². The normalized spacial score (nSPS) is 11.7. The van der Waals surface area contributed by atoms with Crippen molar-refractivity contribution in [3.05, 3.63) is 164 Å². The summed E-state index contributed by atoms with van der Waals surface area (Å²) in [5.41, 5.74) is 8.21. The quantitative estimate of drug-likeness (QED) is 0.180. The Labute approximate surface area is 286 Å². The van der Waals surface area contributed by atoms with Crippen LogP contribution >= 0.6 is 11.3 Å². The minimum Gasteiger partial charge on any atom is -0.256 e. The molecule has 0 bridgehead atoms. The first-order valence-electron chi connectivity index (χ1n) is 16.4. The summed E-state index contributed by atoms with van der Waals surface area (Å²) in [4.78, 5) is 15.7. The van der Waals surface area contributed by atoms with Gasteiger partial charge in [-0.1, -0.05) is 121 Å². The van der Waals surface area contributed by atoms with Crippen LogP contribution in [0, 0.1) is 0 Å². The van der Waals surface area contributed by atoms with E-state index in [1.807, 2.05) is 6.20 Å². The van der Waals surface area contributed by atoms with Crippen molar-refractivity contribution in [3.63, 3.8) is 0 Å². The van der Waals surface area contributed by atoms with E-state index < -0.39 is 0 Å². The van der Waals surface area contributed by atoms with Crippen LogP contribution in [0.2, 0.25) is 0 Å². The summed E-state index contributed by atoms with van der Waals surface area (Å²) in [6.45, 7) is 0. The van der Waals surface area contributed by atoms with Gasteiger partial charge in [-0.3, -0.25) is 4.98 Å². The molecule has 0 amide bonds. The number of aromatic nitrogens is 3. The maximum absolute atomic E-state index is 5.36. The lowest BCUT2D eigenvalue weighted by Gasteiger charge is -2.15. The van der Waals surface area contributed by atoms with E-state index in [0.717, 1.165) is 60.0 Å². The van der Waals surface area contributed by atoms with Crippen molar-refractivity contribution in [2.45, 2.75) is 0 Å². The Hall–Kier alpha value is -6.23. The second kappa shape index (κ2) is 11.2. The highest BCUT2D eigenvalue weighted by atomic mass is 32.1. The lowest BCUT2D eigenvalue weighted by atomic mass is 9.90. The number of pyridine rings is 1. The second-order valence-corrected chi connectivity index (χ2v) is 13.5. The van der Waals surface area contributed by atoms with E-state index in [-0.39, 0.29) is 0 Å². The molecular weight excluding hydrogens is 615 g/mol. The van der Waals surface area contributed by atoms with Crippen LogP contribution in [0.15, 0.2) is 164 Å². The Bertz CT molecular complexity index is 2890. The van der Waals surface area contributed by atoms with Gasteiger partial charge in [0.15, 0.2) is 5.82 Å². The smallest absolute Gasteiger partial charge is 0.160 e. The molecule has 10 aromatic rings. The average Bonchev–Trinajstić information content (AvgIpc) is 3.56. The lowest BCUT2D eigenvalue weighted by Crippen LogP contribution is -1.96. The van der Waals surface area contributed by atoms with Gasteiger partial charge in [0.25, 0.3) is 0 Å².